The van der Waals surface area contributed by atoms with Gasteiger partial charge in [-0.05, 0) is 30.5 Å². The average molecular weight is 349 g/mol. The van der Waals surface area contributed by atoms with Gasteiger partial charge in [-0.3, -0.25) is 0 Å². The molecule has 7 heteroatoms. The number of aliphatic hydroxyl groups is 2. The van der Waals surface area contributed by atoms with Crippen molar-refractivity contribution in [3.63, 3.8) is 0 Å². The predicted molar refractivity (Wildman–Crippen MR) is 94.4 cm³/mol. The molecule has 2 unspecified atom stereocenters. The van der Waals surface area contributed by atoms with E-state index in [0.717, 1.165) is 30.8 Å². The molecule has 24 heavy (non-hydrogen) atoms. The summed E-state index contributed by atoms with van der Waals surface area (Å²) in [6.07, 6.45) is 2.86. The van der Waals surface area contributed by atoms with E-state index in [0.29, 0.717) is 17.4 Å². The molecule has 0 amide bonds. The van der Waals surface area contributed by atoms with Gasteiger partial charge in [-0.1, -0.05) is 23.7 Å². The van der Waals surface area contributed by atoms with Crippen molar-refractivity contribution in [3.8, 4) is 0 Å². The molecule has 1 aliphatic rings. The Labute approximate surface area is 146 Å². The molecule has 1 aromatic carbocycles. The third kappa shape index (κ3) is 3.95. The van der Waals surface area contributed by atoms with Crippen LogP contribution >= 0.6 is 11.6 Å². The number of rotatable bonds is 6. The van der Waals surface area contributed by atoms with E-state index < -0.39 is 6.10 Å². The van der Waals surface area contributed by atoms with Gasteiger partial charge in [0.1, 0.15) is 18.0 Å². The highest BCUT2D eigenvalue weighted by atomic mass is 35.5. The van der Waals surface area contributed by atoms with Gasteiger partial charge in [0.2, 0.25) is 0 Å². The summed E-state index contributed by atoms with van der Waals surface area (Å²) in [6, 6.07) is 9.08. The van der Waals surface area contributed by atoms with Crippen molar-refractivity contribution in [1.29, 1.82) is 0 Å². The Morgan fingerprint density at radius 1 is 1.29 bits per heavy atom. The fourth-order valence-corrected chi connectivity index (χ4v) is 3.06. The highest BCUT2D eigenvalue weighted by Gasteiger charge is 2.25. The Balaban J connectivity index is 1.63. The van der Waals surface area contributed by atoms with Crippen LogP contribution in [-0.2, 0) is 0 Å². The Bertz CT molecular complexity index is 668. The first kappa shape index (κ1) is 17.0. The van der Waals surface area contributed by atoms with Gasteiger partial charge in [-0.2, -0.15) is 0 Å². The van der Waals surface area contributed by atoms with Gasteiger partial charge in [-0.25, -0.2) is 9.97 Å². The van der Waals surface area contributed by atoms with E-state index in [1.165, 1.54) is 6.33 Å². The number of hydrogen-bond donors (Lipinski definition) is 3. The van der Waals surface area contributed by atoms with Crippen molar-refractivity contribution in [2.45, 2.75) is 25.0 Å². The summed E-state index contributed by atoms with van der Waals surface area (Å²) < 4.78 is 0. The molecule has 0 saturated carbocycles. The smallest absolute Gasteiger partial charge is 0.134 e. The SMILES string of the molecule is OCC1CCCN1c1cc(NCC(O)c2ccc(Cl)cc2)ncn1. The van der Waals surface area contributed by atoms with Gasteiger partial charge in [0.05, 0.1) is 18.8 Å². The molecule has 1 fully saturated rings. The second-order valence-corrected chi connectivity index (χ2v) is 6.32. The molecule has 0 aliphatic carbocycles. The molecular formula is C17H21ClN4O2. The number of nitrogens with one attached hydrogen (secondary N) is 1. The normalized spacial score (nSPS) is 18.6. The Morgan fingerprint density at radius 2 is 2.08 bits per heavy atom. The summed E-state index contributed by atoms with van der Waals surface area (Å²) >= 11 is 5.86. The van der Waals surface area contributed by atoms with Crippen LogP contribution in [0.3, 0.4) is 0 Å². The lowest BCUT2D eigenvalue weighted by Gasteiger charge is -2.24. The van der Waals surface area contributed by atoms with Crippen molar-refractivity contribution in [2.75, 3.05) is 29.9 Å². The summed E-state index contributed by atoms with van der Waals surface area (Å²) in [7, 11) is 0. The molecule has 1 aliphatic heterocycles. The molecular weight excluding hydrogens is 328 g/mol. The second kappa shape index (κ2) is 7.79. The maximum atomic E-state index is 10.2. The summed E-state index contributed by atoms with van der Waals surface area (Å²) in [4.78, 5) is 10.6. The van der Waals surface area contributed by atoms with Crippen LogP contribution in [0.5, 0.6) is 0 Å². The van der Waals surface area contributed by atoms with Gasteiger partial charge in [0, 0.05) is 24.2 Å². The number of nitrogens with zero attached hydrogens (tertiary/aromatic N) is 3. The van der Waals surface area contributed by atoms with Gasteiger partial charge in [-0.15, -0.1) is 0 Å². The van der Waals surface area contributed by atoms with E-state index in [9.17, 15) is 10.2 Å². The standard InChI is InChI=1S/C17H21ClN4O2/c18-13-5-3-12(4-6-13)15(24)9-19-16-8-17(21-11-20-16)22-7-1-2-14(22)10-23/h3-6,8,11,14-15,23-24H,1-2,7,9-10H2,(H,19,20,21). The lowest BCUT2D eigenvalue weighted by molar-refractivity contribution is 0.191. The molecule has 1 aromatic heterocycles. The van der Waals surface area contributed by atoms with Gasteiger partial charge < -0.3 is 20.4 Å². The minimum absolute atomic E-state index is 0.118. The monoisotopic (exact) mass is 348 g/mol. The summed E-state index contributed by atoms with van der Waals surface area (Å²) in [5.41, 5.74) is 0.793. The molecule has 2 heterocycles. The minimum atomic E-state index is -0.655. The maximum absolute atomic E-state index is 10.2. The first-order valence-electron chi connectivity index (χ1n) is 8.04. The quantitative estimate of drug-likeness (QED) is 0.742. The maximum Gasteiger partial charge on any atom is 0.134 e. The lowest BCUT2D eigenvalue weighted by Crippen LogP contribution is -2.32. The lowest BCUT2D eigenvalue weighted by atomic mass is 10.1. The highest BCUT2D eigenvalue weighted by Crippen LogP contribution is 2.25. The molecule has 0 bridgehead atoms. The first-order chi connectivity index (χ1) is 11.7. The van der Waals surface area contributed by atoms with Crippen LogP contribution in [0.15, 0.2) is 36.7 Å². The van der Waals surface area contributed by atoms with Crippen molar-refractivity contribution in [1.82, 2.24) is 9.97 Å². The van der Waals surface area contributed by atoms with E-state index in [2.05, 4.69) is 20.2 Å². The van der Waals surface area contributed by atoms with E-state index in [-0.39, 0.29) is 12.6 Å². The Kier molecular flexibility index (Phi) is 5.50. The van der Waals surface area contributed by atoms with Crippen LogP contribution < -0.4 is 10.2 Å². The summed E-state index contributed by atoms with van der Waals surface area (Å²) in [6.45, 7) is 1.35. The van der Waals surface area contributed by atoms with Gasteiger partial charge >= 0.3 is 0 Å². The minimum Gasteiger partial charge on any atom is -0.394 e. The fraction of sp³-hybridized carbons (Fsp3) is 0.412. The van der Waals surface area contributed by atoms with Gasteiger partial charge in [0.15, 0.2) is 0 Å². The number of aromatic nitrogens is 2. The predicted octanol–water partition coefficient (Wildman–Crippen LogP) is 2.24. The number of benzene rings is 1. The third-order valence-electron chi connectivity index (χ3n) is 4.27. The molecule has 2 atom stereocenters. The first-order valence-corrected chi connectivity index (χ1v) is 8.42. The van der Waals surface area contributed by atoms with Crippen LogP contribution in [0.25, 0.3) is 0 Å². The number of anilines is 2. The van der Waals surface area contributed by atoms with Crippen molar-refractivity contribution < 1.29 is 10.2 Å². The molecule has 0 radical (unpaired) electrons. The molecule has 6 nitrogen and oxygen atoms in total. The van der Waals surface area contributed by atoms with Crippen molar-refractivity contribution in [3.05, 3.63) is 47.2 Å². The van der Waals surface area contributed by atoms with Crippen LogP contribution in [0.1, 0.15) is 24.5 Å². The zero-order valence-electron chi connectivity index (χ0n) is 13.3. The Hall–Kier alpha value is -1.89. The summed E-state index contributed by atoms with van der Waals surface area (Å²) in [5.74, 6) is 1.45. The van der Waals surface area contributed by atoms with Gasteiger partial charge in [0.25, 0.3) is 0 Å². The largest absolute Gasteiger partial charge is 0.394 e. The topological polar surface area (TPSA) is 81.5 Å². The fourth-order valence-electron chi connectivity index (χ4n) is 2.93. The molecule has 2 aromatic rings. The number of hydrogen-bond acceptors (Lipinski definition) is 6. The third-order valence-corrected chi connectivity index (χ3v) is 4.52. The van der Waals surface area contributed by atoms with Crippen LogP contribution in [0.2, 0.25) is 5.02 Å². The molecule has 128 valence electrons. The molecule has 1 saturated heterocycles. The van der Waals surface area contributed by atoms with E-state index in [1.54, 1.807) is 24.3 Å². The van der Waals surface area contributed by atoms with E-state index >= 15 is 0 Å². The molecule has 3 rings (SSSR count). The van der Waals surface area contributed by atoms with E-state index in [1.807, 2.05) is 6.07 Å². The number of halogens is 1. The van der Waals surface area contributed by atoms with E-state index in [4.69, 9.17) is 11.6 Å². The highest BCUT2D eigenvalue weighted by molar-refractivity contribution is 6.30. The summed E-state index contributed by atoms with van der Waals surface area (Å²) in [5, 5.41) is 23.5. The molecule has 3 N–H and O–H groups in total. The van der Waals surface area contributed by atoms with Crippen LogP contribution in [0.4, 0.5) is 11.6 Å². The Morgan fingerprint density at radius 3 is 2.83 bits per heavy atom. The van der Waals surface area contributed by atoms with Crippen LogP contribution in [-0.4, -0.2) is 45.9 Å². The van der Waals surface area contributed by atoms with Crippen LogP contribution in [0, 0.1) is 0 Å². The zero-order valence-corrected chi connectivity index (χ0v) is 14.0. The van der Waals surface area contributed by atoms with Crippen molar-refractivity contribution >= 4 is 23.2 Å². The zero-order chi connectivity index (χ0) is 16.9. The second-order valence-electron chi connectivity index (χ2n) is 5.88. The van der Waals surface area contributed by atoms with Crippen molar-refractivity contribution in [2.24, 2.45) is 0 Å². The average Bonchev–Trinajstić information content (AvgIpc) is 3.09. The number of aliphatic hydroxyl groups excluding tert-OH is 2. The molecule has 0 spiro atoms.